The van der Waals surface area contributed by atoms with Gasteiger partial charge in [0, 0.05) is 29.2 Å². The first-order valence-electron chi connectivity index (χ1n) is 6.66. The maximum absolute atomic E-state index is 12.4. The number of carbonyl (C=O) groups excluding carboxylic acids is 1. The van der Waals surface area contributed by atoms with Crippen LogP contribution in [0.15, 0.2) is 24.3 Å². The van der Waals surface area contributed by atoms with E-state index in [0.29, 0.717) is 5.56 Å². The Morgan fingerprint density at radius 3 is 2.35 bits per heavy atom. The lowest BCUT2D eigenvalue weighted by atomic mass is 10.1. The molecule has 0 radical (unpaired) electrons. The molecule has 0 aromatic heterocycles. The topological polar surface area (TPSA) is 57.6 Å². The van der Waals surface area contributed by atoms with Gasteiger partial charge in [0.2, 0.25) is 0 Å². The minimum Gasteiger partial charge on any atom is -0.478 e. The third-order valence-corrected chi connectivity index (χ3v) is 4.88. The van der Waals surface area contributed by atoms with Gasteiger partial charge in [-0.3, -0.25) is 4.79 Å². The van der Waals surface area contributed by atoms with E-state index >= 15 is 0 Å². The zero-order valence-corrected chi connectivity index (χ0v) is 12.6. The number of benzene rings is 1. The average molecular weight is 293 g/mol. The van der Waals surface area contributed by atoms with Gasteiger partial charge >= 0.3 is 5.97 Å². The molecule has 0 saturated carbocycles. The van der Waals surface area contributed by atoms with E-state index < -0.39 is 5.97 Å². The Kier molecular flexibility index (Phi) is 4.38. The summed E-state index contributed by atoms with van der Waals surface area (Å²) in [4.78, 5) is 25.1. The first-order chi connectivity index (χ1) is 9.39. The van der Waals surface area contributed by atoms with Crippen molar-refractivity contribution in [2.24, 2.45) is 0 Å². The molecule has 2 rings (SSSR count). The second-order valence-electron chi connectivity index (χ2n) is 5.53. The summed E-state index contributed by atoms with van der Waals surface area (Å²) in [5, 5.41) is 8.86. The van der Waals surface area contributed by atoms with Crippen LogP contribution in [0.1, 0.15) is 41.0 Å². The number of nitrogens with zero attached hydrogens (tertiary/aromatic N) is 1. The highest BCUT2D eigenvalue weighted by Gasteiger charge is 2.26. The number of carboxylic acids is 1. The molecule has 1 fully saturated rings. The SMILES string of the molecule is CC1(C)CCN(C(=O)c2ccc(C(=O)O)cc2)CCS1. The standard InChI is InChI=1S/C15H19NO3S/c1-15(2)7-8-16(9-10-20-15)13(17)11-3-5-12(6-4-11)14(18)19/h3-6H,7-10H2,1-2H3,(H,18,19). The van der Waals surface area contributed by atoms with Gasteiger partial charge < -0.3 is 10.0 Å². The van der Waals surface area contributed by atoms with E-state index in [1.165, 1.54) is 12.1 Å². The molecule has 0 atom stereocenters. The maximum atomic E-state index is 12.4. The average Bonchev–Trinajstić information content (AvgIpc) is 2.59. The van der Waals surface area contributed by atoms with Crippen LogP contribution < -0.4 is 0 Å². The zero-order chi connectivity index (χ0) is 14.8. The summed E-state index contributed by atoms with van der Waals surface area (Å²) in [7, 11) is 0. The van der Waals surface area contributed by atoms with Crippen molar-refractivity contribution in [2.75, 3.05) is 18.8 Å². The second-order valence-corrected chi connectivity index (χ2v) is 7.33. The van der Waals surface area contributed by atoms with Crippen LogP contribution in [0.4, 0.5) is 0 Å². The Hall–Kier alpha value is -1.49. The number of carbonyl (C=O) groups is 2. The van der Waals surface area contributed by atoms with Gasteiger partial charge in [-0.05, 0) is 30.7 Å². The number of rotatable bonds is 2. The molecule has 5 heteroatoms. The predicted octanol–water partition coefficient (Wildman–Crippen LogP) is 2.74. The summed E-state index contributed by atoms with van der Waals surface area (Å²) in [5.74, 6) is -0.0523. The Morgan fingerprint density at radius 1 is 1.15 bits per heavy atom. The van der Waals surface area contributed by atoms with Crippen molar-refractivity contribution in [1.82, 2.24) is 4.90 Å². The molecular weight excluding hydrogens is 274 g/mol. The monoisotopic (exact) mass is 293 g/mol. The molecule has 1 aliphatic heterocycles. The molecule has 4 nitrogen and oxygen atoms in total. The number of hydrogen-bond donors (Lipinski definition) is 1. The van der Waals surface area contributed by atoms with E-state index in [1.54, 1.807) is 12.1 Å². The molecule has 0 spiro atoms. The smallest absolute Gasteiger partial charge is 0.335 e. The van der Waals surface area contributed by atoms with Gasteiger partial charge in [-0.25, -0.2) is 4.79 Å². The molecule has 1 heterocycles. The molecule has 1 amide bonds. The maximum Gasteiger partial charge on any atom is 0.335 e. The molecular formula is C15H19NO3S. The van der Waals surface area contributed by atoms with Crippen LogP contribution in [-0.4, -0.2) is 45.5 Å². The number of carboxylic acid groups (broad SMARTS) is 1. The third-order valence-electron chi connectivity index (χ3n) is 3.50. The van der Waals surface area contributed by atoms with Gasteiger partial charge in [-0.15, -0.1) is 0 Å². The van der Waals surface area contributed by atoms with Crippen LogP contribution >= 0.6 is 11.8 Å². The van der Waals surface area contributed by atoms with E-state index in [4.69, 9.17) is 5.11 Å². The quantitative estimate of drug-likeness (QED) is 0.911. The molecule has 1 saturated heterocycles. The number of thioether (sulfide) groups is 1. The summed E-state index contributed by atoms with van der Waals surface area (Å²) < 4.78 is 0.211. The van der Waals surface area contributed by atoms with Crippen molar-refractivity contribution >= 4 is 23.6 Å². The summed E-state index contributed by atoms with van der Waals surface area (Å²) in [5.41, 5.74) is 0.758. The largest absolute Gasteiger partial charge is 0.478 e. The number of aromatic carboxylic acids is 1. The minimum absolute atomic E-state index is 0.0137. The van der Waals surface area contributed by atoms with E-state index in [9.17, 15) is 9.59 Å². The number of amides is 1. The van der Waals surface area contributed by atoms with Gasteiger partial charge in [0.1, 0.15) is 0 Å². The van der Waals surface area contributed by atoms with Gasteiger partial charge in [0.25, 0.3) is 5.91 Å². The summed E-state index contributed by atoms with van der Waals surface area (Å²) in [6, 6.07) is 6.14. The fourth-order valence-corrected chi connectivity index (χ4v) is 3.26. The van der Waals surface area contributed by atoms with E-state index in [0.717, 1.165) is 25.3 Å². The first-order valence-corrected chi connectivity index (χ1v) is 7.64. The zero-order valence-electron chi connectivity index (χ0n) is 11.8. The van der Waals surface area contributed by atoms with Crippen LogP contribution in [-0.2, 0) is 0 Å². The van der Waals surface area contributed by atoms with Gasteiger partial charge in [0.05, 0.1) is 5.56 Å². The van der Waals surface area contributed by atoms with Crippen molar-refractivity contribution in [1.29, 1.82) is 0 Å². The fraction of sp³-hybridized carbons (Fsp3) is 0.467. The lowest BCUT2D eigenvalue weighted by Gasteiger charge is -2.22. The van der Waals surface area contributed by atoms with Crippen molar-refractivity contribution in [3.05, 3.63) is 35.4 Å². The molecule has 20 heavy (non-hydrogen) atoms. The summed E-state index contributed by atoms with van der Waals surface area (Å²) in [6.45, 7) is 5.90. The predicted molar refractivity (Wildman–Crippen MR) is 80.5 cm³/mol. The van der Waals surface area contributed by atoms with Crippen LogP contribution in [0.5, 0.6) is 0 Å². The van der Waals surface area contributed by atoms with Gasteiger partial charge in [-0.2, -0.15) is 11.8 Å². The van der Waals surface area contributed by atoms with Crippen LogP contribution in [0.3, 0.4) is 0 Å². The molecule has 0 aliphatic carbocycles. The molecule has 108 valence electrons. The lowest BCUT2D eigenvalue weighted by molar-refractivity contribution is 0.0694. The van der Waals surface area contributed by atoms with Gasteiger partial charge in [-0.1, -0.05) is 13.8 Å². The van der Waals surface area contributed by atoms with Crippen molar-refractivity contribution in [3.8, 4) is 0 Å². The van der Waals surface area contributed by atoms with E-state index in [1.807, 2.05) is 16.7 Å². The van der Waals surface area contributed by atoms with Crippen LogP contribution in [0.2, 0.25) is 0 Å². The van der Waals surface area contributed by atoms with Gasteiger partial charge in [0.15, 0.2) is 0 Å². The normalized spacial score (nSPS) is 18.4. The Labute approximate surface area is 123 Å². The first kappa shape index (κ1) is 14.9. The molecule has 1 aromatic rings. The molecule has 1 N–H and O–H groups in total. The third kappa shape index (κ3) is 3.54. The molecule has 0 bridgehead atoms. The van der Waals surface area contributed by atoms with E-state index in [-0.39, 0.29) is 16.2 Å². The summed E-state index contributed by atoms with van der Waals surface area (Å²) >= 11 is 1.89. The van der Waals surface area contributed by atoms with Crippen molar-refractivity contribution in [2.45, 2.75) is 25.0 Å². The Balaban J connectivity index is 2.09. The van der Waals surface area contributed by atoms with Crippen LogP contribution in [0.25, 0.3) is 0 Å². The summed E-state index contributed by atoms with van der Waals surface area (Å²) in [6.07, 6.45) is 0.969. The fourth-order valence-electron chi connectivity index (χ4n) is 2.16. The van der Waals surface area contributed by atoms with E-state index in [2.05, 4.69) is 13.8 Å². The molecule has 1 aliphatic rings. The van der Waals surface area contributed by atoms with Crippen molar-refractivity contribution in [3.63, 3.8) is 0 Å². The Bertz CT molecular complexity index is 510. The lowest BCUT2D eigenvalue weighted by Crippen LogP contribution is -2.33. The second kappa shape index (κ2) is 5.87. The highest BCUT2D eigenvalue weighted by Crippen LogP contribution is 2.31. The Morgan fingerprint density at radius 2 is 1.75 bits per heavy atom. The van der Waals surface area contributed by atoms with Crippen LogP contribution in [0, 0.1) is 0 Å². The number of hydrogen-bond acceptors (Lipinski definition) is 3. The molecule has 0 unspecified atom stereocenters. The van der Waals surface area contributed by atoms with Crippen molar-refractivity contribution < 1.29 is 14.7 Å². The highest BCUT2D eigenvalue weighted by molar-refractivity contribution is 8.00. The minimum atomic E-state index is -0.975. The molecule has 1 aromatic carbocycles. The highest BCUT2D eigenvalue weighted by atomic mass is 32.2.